The van der Waals surface area contributed by atoms with Crippen LogP contribution in [-0.2, 0) is 0 Å². The van der Waals surface area contributed by atoms with E-state index in [9.17, 15) is 0 Å². The summed E-state index contributed by atoms with van der Waals surface area (Å²) >= 11 is 0. The molecule has 1 aliphatic carbocycles. The molecule has 0 radical (unpaired) electrons. The Labute approximate surface area is 107 Å². The number of rotatable bonds is 1. The molecule has 2 heterocycles. The predicted molar refractivity (Wildman–Crippen MR) is 62.9 cm³/mol. The molecule has 1 saturated carbocycles. The van der Waals surface area contributed by atoms with Crippen molar-refractivity contribution in [3.05, 3.63) is 6.42 Å². The minimum Gasteiger partial charge on any atom is -0.332 e. The molecule has 2 bridgehead atoms. The Bertz CT molecular complexity index is 176. The van der Waals surface area contributed by atoms with Crippen LogP contribution in [0, 0.1) is 6.42 Å². The molecule has 0 N–H and O–H groups in total. The van der Waals surface area contributed by atoms with E-state index in [4.69, 9.17) is 0 Å². The molecular weight excluding hydrogens is 174 g/mol. The van der Waals surface area contributed by atoms with Crippen LogP contribution in [0.3, 0.4) is 0 Å². The average molecular weight is 196 g/mol. The van der Waals surface area contributed by atoms with E-state index in [0.29, 0.717) is 0 Å². The Morgan fingerprint density at radius 1 is 0.800 bits per heavy atom. The van der Waals surface area contributed by atoms with Gasteiger partial charge in [0, 0.05) is 0 Å². The van der Waals surface area contributed by atoms with Crippen molar-refractivity contribution in [2.24, 2.45) is 0 Å². The van der Waals surface area contributed by atoms with Crippen LogP contribution < -0.4 is 18.9 Å². The van der Waals surface area contributed by atoms with E-state index in [1.54, 1.807) is 38.5 Å². The quantitative estimate of drug-likeness (QED) is 0.438. The Morgan fingerprint density at radius 3 is 1.87 bits per heavy atom. The molecule has 15 heavy (non-hydrogen) atoms. The van der Waals surface area contributed by atoms with Crippen LogP contribution in [-0.4, -0.2) is 6.71 Å². The Kier molecular flexibility index (Phi) is 4.31. The van der Waals surface area contributed by atoms with Gasteiger partial charge in [0.1, 0.15) is 6.71 Å². The molecule has 0 aromatic heterocycles. The number of hydrogen-bond acceptors (Lipinski definition) is 0. The fourth-order valence-corrected chi connectivity index (χ4v) is 4.58. The van der Waals surface area contributed by atoms with Crippen LogP contribution >= 0.6 is 0 Å². The molecule has 0 spiro atoms. The molecule has 3 rings (SSSR count). The normalized spacial score (nSPS) is 40.0. The molecule has 3 aliphatic rings. The molecule has 1 atom stereocenters. The van der Waals surface area contributed by atoms with E-state index in [1.807, 2.05) is 0 Å². The van der Waals surface area contributed by atoms with E-state index in [1.165, 1.54) is 19.3 Å². The van der Waals surface area contributed by atoms with Crippen molar-refractivity contribution in [3.63, 3.8) is 0 Å². The predicted octanol–water partition coefficient (Wildman–Crippen LogP) is 1.35. The zero-order valence-electron chi connectivity index (χ0n) is 10.3. The largest absolute Gasteiger partial charge is 1.00 e. The van der Waals surface area contributed by atoms with Crippen molar-refractivity contribution >= 4 is 6.71 Å². The minimum atomic E-state index is 0. The van der Waals surface area contributed by atoms with Crippen LogP contribution in [0.5, 0.6) is 0 Å². The van der Waals surface area contributed by atoms with Crippen molar-refractivity contribution in [1.82, 2.24) is 0 Å². The van der Waals surface area contributed by atoms with Gasteiger partial charge in [-0.25, -0.2) is 0 Å². The third kappa shape index (κ3) is 2.35. The Balaban J connectivity index is 0.000000853. The molecule has 0 aromatic rings. The second kappa shape index (κ2) is 5.33. The van der Waals surface area contributed by atoms with Gasteiger partial charge in [-0.2, -0.15) is 12.2 Å². The van der Waals surface area contributed by atoms with Crippen LogP contribution in [0.4, 0.5) is 0 Å². The zero-order chi connectivity index (χ0) is 9.38. The van der Waals surface area contributed by atoms with E-state index in [-0.39, 0.29) is 18.9 Å². The molecule has 0 nitrogen and oxygen atoms in total. The van der Waals surface area contributed by atoms with E-state index in [2.05, 4.69) is 6.42 Å². The fraction of sp³-hybridized carbons (Fsp3) is 0.923. The first-order chi connectivity index (χ1) is 6.95. The van der Waals surface area contributed by atoms with Gasteiger partial charge < -0.3 is 6.42 Å². The van der Waals surface area contributed by atoms with Gasteiger partial charge in [0.05, 0.1) is 0 Å². The molecule has 1 unspecified atom stereocenters. The van der Waals surface area contributed by atoms with Crippen molar-refractivity contribution in [2.75, 3.05) is 0 Å². The molecule has 2 saturated heterocycles. The number of fused-ring (bicyclic) bond motifs is 2. The van der Waals surface area contributed by atoms with Gasteiger partial charge in [0.15, 0.2) is 0 Å². The van der Waals surface area contributed by atoms with E-state index < -0.39 is 0 Å². The molecule has 3 fully saturated rings. The van der Waals surface area contributed by atoms with Crippen LogP contribution in [0.15, 0.2) is 0 Å². The topological polar surface area (TPSA) is 0 Å². The van der Waals surface area contributed by atoms with E-state index in [0.717, 1.165) is 24.2 Å². The SMILES string of the molecule is [CH-]1CCCC1B1C2CCCC1CCC2.[Li+]. The molecule has 0 aromatic carbocycles. The maximum absolute atomic E-state index is 2.67. The van der Waals surface area contributed by atoms with Gasteiger partial charge in [-0.15, -0.1) is 0 Å². The van der Waals surface area contributed by atoms with Crippen LogP contribution in [0.1, 0.15) is 57.8 Å². The van der Waals surface area contributed by atoms with Gasteiger partial charge in [-0.1, -0.05) is 63.0 Å². The summed E-state index contributed by atoms with van der Waals surface area (Å²) < 4.78 is 0. The third-order valence-corrected chi connectivity index (χ3v) is 5.09. The van der Waals surface area contributed by atoms with Gasteiger partial charge in [0.25, 0.3) is 0 Å². The molecular formula is C13H22BLi. The summed E-state index contributed by atoms with van der Waals surface area (Å²) in [7, 11) is 0. The first-order valence-electron chi connectivity index (χ1n) is 6.78. The number of hydrogen-bond donors (Lipinski definition) is 0. The summed E-state index contributed by atoms with van der Waals surface area (Å²) in [5.41, 5.74) is 0. The Morgan fingerprint density at radius 2 is 1.40 bits per heavy atom. The molecule has 2 aliphatic heterocycles. The van der Waals surface area contributed by atoms with Crippen LogP contribution in [0.2, 0.25) is 17.5 Å². The average Bonchev–Trinajstić information content (AvgIpc) is 2.69. The maximum Gasteiger partial charge on any atom is 1.00 e. The monoisotopic (exact) mass is 196 g/mol. The zero-order valence-corrected chi connectivity index (χ0v) is 10.3. The summed E-state index contributed by atoms with van der Waals surface area (Å²) in [4.78, 5) is 0. The summed E-state index contributed by atoms with van der Waals surface area (Å²) in [6.07, 6.45) is 16.4. The third-order valence-electron chi connectivity index (χ3n) is 5.09. The van der Waals surface area contributed by atoms with Crippen molar-refractivity contribution in [2.45, 2.75) is 75.2 Å². The smallest absolute Gasteiger partial charge is 0.332 e. The van der Waals surface area contributed by atoms with Gasteiger partial charge in [0.2, 0.25) is 0 Å². The van der Waals surface area contributed by atoms with Crippen LogP contribution in [0.25, 0.3) is 0 Å². The van der Waals surface area contributed by atoms with Gasteiger partial charge in [-0.05, 0) is 0 Å². The maximum atomic E-state index is 2.67. The van der Waals surface area contributed by atoms with Gasteiger partial charge >= 0.3 is 18.9 Å². The summed E-state index contributed by atoms with van der Waals surface area (Å²) in [5, 5.41) is 0. The first-order valence-corrected chi connectivity index (χ1v) is 6.78. The summed E-state index contributed by atoms with van der Waals surface area (Å²) in [6, 6.07) is 0. The van der Waals surface area contributed by atoms with Gasteiger partial charge in [-0.3, -0.25) is 0 Å². The second-order valence-electron chi connectivity index (χ2n) is 5.79. The summed E-state index contributed by atoms with van der Waals surface area (Å²) in [6.45, 7) is 1.12. The molecule has 78 valence electrons. The Hall–Kier alpha value is 0.662. The van der Waals surface area contributed by atoms with Crippen molar-refractivity contribution in [3.8, 4) is 0 Å². The van der Waals surface area contributed by atoms with Crippen molar-refractivity contribution in [1.29, 1.82) is 0 Å². The molecule has 2 heteroatoms. The first kappa shape index (κ1) is 12.1. The molecule has 0 amide bonds. The van der Waals surface area contributed by atoms with Crippen molar-refractivity contribution < 1.29 is 18.9 Å². The fourth-order valence-electron chi connectivity index (χ4n) is 4.58. The van der Waals surface area contributed by atoms with E-state index >= 15 is 0 Å². The standard InChI is InChI=1S/C13H22B.Li/c1-2-6-11(5-1)14-12-7-3-8-13(14)10-4-9-12;/h5,11-13H,1-4,6-10H2;/q-1;+1. The second-order valence-corrected chi connectivity index (χ2v) is 5.79. The minimum absolute atomic E-state index is 0. The summed E-state index contributed by atoms with van der Waals surface area (Å²) in [5.74, 6) is 3.29.